The zero-order valence-electron chi connectivity index (χ0n) is 15.8. The van der Waals surface area contributed by atoms with E-state index in [2.05, 4.69) is 19.2 Å². The number of benzene rings is 1. The lowest BCUT2D eigenvalue weighted by Crippen LogP contribution is -2.36. The van der Waals surface area contributed by atoms with Crippen molar-refractivity contribution in [3.8, 4) is 5.75 Å². The van der Waals surface area contributed by atoms with E-state index in [4.69, 9.17) is 9.47 Å². The molecule has 142 valence electrons. The maximum atomic E-state index is 11.6. The Morgan fingerprint density at radius 2 is 1.88 bits per heavy atom. The van der Waals surface area contributed by atoms with E-state index >= 15 is 0 Å². The van der Waals surface area contributed by atoms with Gasteiger partial charge in [0.05, 0.1) is 12.2 Å². The van der Waals surface area contributed by atoms with E-state index < -0.39 is 6.10 Å². The van der Waals surface area contributed by atoms with Gasteiger partial charge in [-0.15, -0.1) is 0 Å². The van der Waals surface area contributed by atoms with E-state index in [0.717, 1.165) is 6.42 Å². The number of nitrogens with one attached hydrogen (secondary N) is 1. The summed E-state index contributed by atoms with van der Waals surface area (Å²) in [6.07, 6.45) is 5.60. The third-order valence-electron chi connectivity index (χ3n) is 4.00. The van der Waals surface area contributed by atoms with Gasteiger partial charge in [0.1, 0.15) is 18.5 Å². The minimum atomic E-state index is -0.567. The fourth-order valence-corrected chi connectivity index (χ4v) is 2.47. The predicted molar refractivity (Wildman–Crippen MR) is 100 cm³/mol. The summed E-state index contributed by atoms with van der Waals surface area (Å²) in [5.41, 5.74) is 0.494. The average Bonchev–Trinajstić information content (AvgIpc) is 2.62. The lowest BCUT2D eigenvalue weighted by Gasteiger charge is -2.17. The Labute approximate surface area is 151 Å². The van der Waals surface area contributed by atoms with E-state index in [1.165, 1.54) is 25.7 Å². The van der Waals surface area contributed by atoms with Crippen molar-refractivity contribution in [1.82, 2.24) is 5.32 Å². The summed E-state index contributed by atoms with van der Waals surface area (Å²) in [5, 5.41) is 13.4. The molecule has 0 bridgehead atoms. The van der Waals surface area contributed by atoms with Crippen LogP contribution in [-0.4, -0.2) is 43.0 Å². The fourth-order valence-electron chi connectivity index (χ4n) is 2.47. The third kappa shape index (κ3) is 9.46. The van der Waals surface area contributed by atoms with Crippen LogP contribution in [0.5, 0.6) is 5.75 Å². The van der Waals surface area contributed by atoms with Crippen molar-refractivity contribution in [1.29, 1.82) is 0 Å². The molecule has 0 aliphatic rings. The second-order valence-electron chi connectivity index (χ2n) is 6.37. The van der Waals surface area contributed by atoms with Gasteiger partial charge in [0.25, 0.3) is 0 Å². The Morgan fingerprint density at radius 3 is 2.52 bits per heavy atom. The molecule has 0 aliphatic heterocycles. The second kappa shape index (κ2) is 12.7. The Hall–Kier alpha value is -1.59. The van der Waals surface area contributed by atoms with Crippen molar-refractivity contribution in [2.75, 3.05) is 19.8 Å². The smallest absolute Gasteiger partial charge is 0.338 e. The van der Waals surface area contributed by atoms with E-state index in [0.29, 0.717) is 30.5 Å². The van der Waals surface area contributed by atoms with Gasteiger partial charge in [-0.2, -0.15) is 0 Å². The van der Waals surface area contributed by atoms with Crippen LogP contribution >= 0.6 is 0 Å². The summed E-state index contributed by atoms with van der Waals surface area (Å²) < 4.78 is 10.5. The van der Waals surface area contributed by atoms with Crippen LogP contribution in [0.15, 0.2) is 24.3 Å². The van der Waals surface area contributed by atoms with Gasteiger partial charge in [-0.1, -0.05) is 32.6 Å². The first-order chi connectivity index (χ1) is 12.1. The monoisotopic (exact) mass is 351 g/mol. The minimum Gasteiger partial charge on any atom is -0.491 e. The molecule has 5 heteroatoms. The van der Waals surface area contributed by atoms with Gasteiger partial charge in [-0.3, -0.25) is 0 Å². The van der Waals surface area contributed by atoms with Gasteiger partial charge in [0.2, 0.25) is 0 Å². The molecule has 0 saturated heterocycles. The molecule has 0 saturated carbocycles. The molecular weight excluding hydrogens is 318 g/mol. The molecule has 2 N–H and O–H groups in total. The summed E-state index contributed by atoms with van der Waals surface area (Å²) in [5.74, 6) is 0.283. The first-order valence-corrected chi connectivity index (χ1v) is 9.38. The molecule has 5 nitrogen and oxygen atoms in total. The number of ether oxygens (including phenoxy) is 2. The normalized spacial score (nSPS) is 13.3. The number of aliphatic hydroxyl groups is 1. The highest BCUT2D eigenvalue weighted by Gasteiger charge is 2.09. The highest BCUT2D eigenvalue weighted by Crippen LogP contribution is 2.13. The number of esters is 1. The Bertz CT molecular complexity index is 475. The SMILES string of the molecule is CCCCCC[C@H](C)NC[C@H](O)COc1ccc(C(=O)OCC)cc1. The number of hydrogen-bond donors (Lipinski definition) is 2. The summed E-state index contributed by atoms with van der Waals surface area (Å²) in [6, 6.07) is 7.15. The number of unbranched alkanes of at least 4 members (excludes halogenated alkanes) is 3. The summed E-state index contributed by atoms with van der Waals surface area (Å²) >= 11 is 0. The molecule has 0 amide bonds. The van der Waals surface area contributed by atoms with Crippen molar-refractivity contribution in [2.24, 2.45) is 0 Å². The quantitative estimate of drug-likeness (QED) is 0.420. The number of carbonyl (C=O) groups excluding carboxylic acids is 1. The summed E-state index contributed by atoms with van der Waals surface area (Å²) in [4.78, 5) is 11.6. The van der Waals surface area contributed by atoms with E-state index in [1.54, 1.807) is 31.2 Å². The largest absolute Gasteiger partial charge is 0.491 e. The fraction of sp³-hybridized carbons (Fsp3) is 0.650. The first-order valence-electron chi connectivity index (χ1n) is 9.38. The highest BCUT2D eigenvalue weighted by atomic mass is 16.5. The maximum absolute atomic E-state index is 11.6. The molecule has 2 atom stereocenters. The van der Waals surface area contributed by atoms with E-state index in [-0.39, 0.29) is 12.6 Å². The van der Waals surface area contributed by atoms with Gasteiger partial charge in [-0.05, 0) is 44.5 Å². The topological polar surface area (TPSA) is 67.8 Å². The highest BCUT2D eigenvalue weighted by molar-refractivity contribution is 5.89. The van der Waals surface area contributed by atoms with E-state index in [1.807, 2.05) is 0 Å². The Morgan fingerprint density at radius 1 is 1.16 bits per heavy atom. The first kappa shape index (κ1) is 21.5. The third-order valence-corrected chi connectivity index (χ3v) is 4.00. The van der Waals surface area contributed by atoms with E-state index in [9.17, 15) is 9.90 Å². The van der Waals surface area contributed by atoms with Gasteiger partial charge >= 0.3 is 5.97 Å². The summed E-state index contributed by atoms with van der Waals surface area (Å²) in [7, 11) is 0. The van der Waals surface area contributed by atoms with Crippen molar-refractivity contribution >= 4 is 5.97 Å². The van der Waals surface area contributed by atoms with Crippen molar-refractivity contribution in [3.63, 3.8) is 0 Å². The molecule has 0 aromatic heterocycles. The van der Waals surface area contributed by atoms with Gasteiger partial charge in [-0.25, -0.2) is 4.79 Å². The molecule has 0 heterocycles. The van der Waals surface area contributed by atoms with Crippen LogP contribution in [0.4, 0.5) is 0 Å². The van der Waals surface area contributed by atoms with Crippen molar-refractivity contribution < 1.29 is 19.4 Å². The van der Waals surface area contributed by atoms with Crippen molar-refractivity contribution in [3.05, 3.63) is 29.8 Å². The van der Waals surface area contributed by atoms with Crippen LogP contribution in [0, 0.1) is 0 Å². The molecule has 0 aliphatic carbocycles. The van der Waals surface area contributed by atoms with Crippen LogP contribution in [0.25, 0.3) is 0 Å². The molecule has 0 unspecified atom stereocenters. The van der Waals surface area contributed by atoms with Gasteiger partial charge in [0, 0.05) is 12.6 Å². The molecular formula is C20H33NO4. The lowest BCUT2D eigenvalue weighted by molar-refractivity contribution is 0.0526. The molecule has 25 heavy (non-hydrogen) atoms. The molecule has 0 spiro atoms. The van der Waals surface area contributed by atoms with Crippen molar-refractivity contribution in [2.45, 2.75) is 65.0 Å². The van der Waals surface area contributed by atoms with Crippen LogP contribution < -0.4 is 10.1 Å². The summed E-state index contributed by atoms with van der Waals surface area (Å²) in [6.45, 7) is 7.21. The number of aliphatic hydroxyl groups excluding tert-OH is 1. The zero-order valence-corrected chi connectivity index (χ0v) is 15.8. The Kier molecular flexibility index (Phi) is 10.9. The number of hydrogen-bond acceptors (Lipinski definition) is 5. The molecule has 1 aromatic rings. The van der Waals surface area contributed by atoms with Gasteiger partial charge < -0.3 is 19.9 Å². The molecule has 0 fully saturated rings. The molecule has 1 rings (SSSR count). The molecule has 0 radical (unpaired) electrons. The zero-order chi connectivity index (χ0) is 18.5. The van der Waals surface area contributed by atoms with Crippen LogP contribution in [-0.2, 0) is 4.74 Å². The lowest BCUT2D eigenvalue weighted by atomic mass is 10.1. The van der Waals surface area contributed by atoms with Gasteiger partial charge in [0.15, 0.2) is 0 Å². The number of rotatable bonds is 13. The Balaban J connectivity index is 2.22. The van der Waals surface area contributed by atoms with Crippen LogP contribution in [0.1, 0.15) is 63.2 Å². The predicted octanol–water partition coefficient (Wildman–Crippen LogP) is 3.55. The number of carbonyl (C=O) groups is 1. The van der Waals surface area contributed by atoms with Crippen LogP contribution in [0.3, 0.4) is 0 Å². The standard InChI is InChI=1S/C20H33NO4/c1-4-6-7-8-9-16(3)21-14-18(22)15-25-19-12-10-17(11-13-19)20(23)24-5-2/h10-13,16,18,21-22H,4-9,14-15H2,1-3H3/t16-,18-/m0/s1. The minimum absolute atomic E-state index is 0.217. The maximum Gasteiger partial charge on any atom is 0.338 e. The molecule has 1 aromatic carbocycles. The average molecular weight is 351 g/mol. The second-order valence-corrected chi connectivity index (χ2v) is 6.37. The van der Waals surface area contributed by atoms with Crippen LogP contribution in [0.2, 0.25) is 0 Å².